The predicted octanol–water partition coefficient (Wildman–Crippen LogP) is 4.52. The molecule has 4 rings (SSSR count). The molecule has 1 saturated heterocycles. The fraction of sp³-hybridized carbons (Fsp3) is 0.581. The molecule has 8 nitrogen and oxygen atoms in total. The van der Waals surface area contributed by atoms with E-state index in [-0.39, 0.29) is 22.8 Å². The van der Waals surface area contributed by atoms with Crippen molar-refractivity contribution in [3.05, 3.63) is 46.4 Å². The highest BCUT2D eigenvalue weighted by Gasteiger charge is 2.31. The first-order chi connectivity index (χ1) is 18.7. The summed E-state index contributed by atoms with van der Waals surface area (Å²) in [7, 11) is 0. The summed E-state index contributed by atoms with van der Waals surface area (Å²) in [6.07, 6.45) is 9.82. The van der Waals surface area contributed by atoms with Gasteiger partial charge in [0.2, 0.25) is 11.8 Å². The van der Waals surface area contributed by atoms with Gasteiger partial charge in [-0.25, -0.2) is 9.97 Å². The van der Waals surface area contributed by atoms with Gasteiger partial charge in [0.1, 0.15) is 5.69 Å². The molecule has 0 aliphatic carbocycles. The van der Waals surface area contributed by atoms with Crippen LogP contribution in [-0.2, 0) is 9.59 Å². The molecule has 1 fully saturated rings. The second kappa shape index (κ2) is 12.8. The Labute approximate surface area is 232 Å². The average Bonchev–Trinajstić information content (AvgIpc) is 3.07. The Bertz CT molecular complexity index is 1270. The Morgan fingerprint density at radius 1 is 1.10 bits per heavy atom. The van der Waals surface area contributed by atoms with Crippen molar-refractivity contribution >= 4 is 34.6 Å². The van der Waals surface area contributed by atoms with Crippen molar-refractivity contribution in [2.75, 3.05) is 44.2 Å². The van der Waals surface area contributed by atoms with Gasteiger partial charge >= 0.3 is 0 Å². The first-order valence-electron chi connectivity index (χ1n) is 14.5. The van der Waals surface area contributed by atoms with Gasteiger partial charge in [-0.15, -0.1) is 0 Å². The van der Waals surface area contributed by atoms with Crippen LogP contribution in [0.15, 0.2) is 35.1 Å². The van der Waals surface area contributed by atoms with Crippen molar-refractivity contribution in [3.63, 3.8) is 0 Å². The Kier molecular flexibility index (Phi) is 9.49. The standard InChI is InChI=1S/C31H43N5O3/c1-5-17-31(3,4)30(39)35(6-2)18-9-11-23-15-20-34(21-16-23)22-27(37)36-19-10-14-26-28(36)32-25-13-8-7-12-24(25)29(38)33-26/h7-8,10,12-14,23H,5-6,9,11,15-22H2,1-4H3. The Hall–Kier alpha value is -3.13. The molecule has 0 saturated carbocycles. The summed E-state index contributed by atoms with van der Waals surface area (Å²) in [5.41, 5.74) is 0.353. The molecule has 1 aromatic carbocycles. The van der Waals surface area contributed by atoms with Crippen LogP contribution in [0.4, 0.5) is 5.82 Å². The number of hydrogen-bond donors (Lipinski definition) is 0. The normalized spacial score (nSPS) is 16.4. The van der Waals surface area contributed by atoms with E-state index in [0.29, 0.717) is 41.4 Å². The zero-order valence-corrected chi connectivity index (χ0v) is 24.0. The fourth-order valence-electron chi connectivity index (χ4n) is 5.87. The monoisotopic (exact) mass is 533 g/mol. The second-order valence-electron chi connectivity index (χ2n) is 11.5. The first-order valence-corrected chi connectivity index (χ1v) is 14.5. The molecule has 2 aliphatic heterocycles. The molecule has 1 aromatic heterocycles. The molecule has 210 valence electrons. The molecule has 0 atom stereocenters. The third-order valence-corrected chi connectivity index (χ3v) is 8.16. The van der Waals surface area contributed by atoms with E-state index in [0.717, 1.165) is 64.7 Å². The number of benzene rings is 1. The van der Waals surface area contributed by atoms with Gasteiger partial charge < -0.3 is 4.90 Å². The van der Waals surface area contributed by atoms with E-state index in [4.69, 9.17) is 0 Å². The van der Waals surface area contributed by atoms with E-state index in [9.17, 15) is 14.4 Å². The minimum Gasteiger partial charge on any atom is -0.343 e. The smallest absolute Gasteiger partial charge is 0.279 e. The molecule has 0 bridgehead atoms. The van der Waals surface area contributed by atoms with Crippen LogP contribution in [-0.4, -0.2) is 70.9 Å². The molecular weight excluding hydrogens is 490 g/mol. The van der Waals surface area contributed by atoms with Crippen molar-refractivity contribution in [1.29, 1.82) is 0 Å². The molecule has 0 radical (unpaired) electrons. The molecule has 39 heavy (non-hydrogen) atoms. The molecule has 8 heteroatoms. The van der Waals surface area contributed by atoms with Gasteiger partial charge in [0, 0.05) is 25.0 Å². The predicted molar refractivity (Wildman–Crippen MR) is 157 cm³/mol. The van der Waals surface area contributed by atoms with Crippen LogP contribution in [0.25, 0.3) is 17.0 Å². The summed E-state index contributed by atoms with van der Waals surface area (Å²) < 4.78 is 0. The highest BCUT2D eigenvalue weighted by Crippen LogP contribution is 2.27. The highest BCUT2D eigenvalue weighted by molar-refractivity contribution is 5.97. The molecule has 0 unspecified atom stereocenters. The van der Waals surface area contributed by atoms with Crippen molar-refractivity contribution in [3.8, 4) is 0 Å². The molecule has 2 amide bonds. The molecule has 0 N–H and O–H groups in total. The van der Waals surface area contributed by atoms with Crippen LogP contribution in [0.2, 0.25) is 0 Å². The lowest BCUT2D eigenvalue weighted by molar-refractivity contribution is -0.140. The average molecular weight is 534 g/mol. The summed E-state index contributed by atoms with van der Waals surface area (Å²) in [6, 6.07) is 7.13. The topological polar surface area (TPSA) is 86.7 Å². The van der Waals surface area contributed by atoms with Crippen LogP contribution >= 0.6 is 0 Å². The van der Waals surface area contributed by atoms with Crippen molar-refractivity contribution in [1.82, 2.24) is 19.8 Å². The zero-order valence-electron chi connectivity index (χ0n) is 24.0. The van der Waals surface area contributed by atoms with Gasteiger partial charge in [-0.05, 0) is 76.2 Å². The Morgan fingerprint density at radius 2 is 1.85 bits per heavy atom. The van der Waals surface area contributed by atoms with Crippen LogP contribution < -0.4 is 10.5 Å². The summed E-state index contributed by atoms with van der Waals surface area (Å²) in [4.78, 5) is 53.8. The molecule has 2 aromatic rings. The van der Waals surface area contributed by atoms with E-state index in [2.05, 4.69) is 42.6 Å². The minimum atomic E-state index is -0.337. The zero-order chi connectivity index (χ0) is 28.0. The van der Waals surface area contributed by atoms with Crippen LogP contribution in [0, 0.1) is 11.3 Å². The number of para-hydroxylation sites is 1. The number of nitrogens with zero attached hydrogens (tertiary/aromatic N) is 5. The number of anilines is 1. The summed E-state index contributed by atoms with van der Waals surface area (Å²) >= 11 is 0. The quantitative estimate of drug-likeness (QED) is 0.446. The SMILES string of the molecule is CCCC(C)(C)C(=O)N(CC)CCCC1CCN(CC(=O)N2CC=Cc3nc(=O)c4ccccc4nc32)CC1. The third kappa shape index (κ3) is 6.90. The molecule has 0 spiro atoms. The maximum atomic E-state index is 13.4. The van der Waals surface area contributed by atoms with Crippen LogP contribution in [0.1, 0.15) is 71.9 Å². The lowest BCUT2D eigenvalue weighted by atomic mass is 9.86. The number of piperidine rings is 1. The van der Waals surface area contributed by atoms with Gasteiger partial charge in [0.25, 0.3) is 5.56 Å². The highest BCUT2D eigenvalue weighted by atomic mass is 16.2. The lowest BCUT2D eigenvalue weighted by Crippen LogP contribution is -2.44. The first kappa shape index (κ1) is 28.9. The van der Waals surface area contributed by atoms with E-state index in [1.165, 1.54) is 0 Å². The number of aromatic nitrogens is 2. The van der Waals surface area contributed by atoms with Gasteiger partial charge in [-0.3, -0.25) is 24.2 Å². The maximum Gasteiger partial charge on any atom is 0.279 e. The number of carbonyl (C=O) groups excluding carboxylic acids is 2. The van der Waals surface area contributed by atoms with E-state index < -0.39 is 0 Å². The summed E-state index contributed by atoms with van der Waals surface area (Å²) in [5, 5.41) is 0.450. The lowest BCUT2D eigenvalue weighted by Gasteiger charge is -2.34. The molecule has 2 aliphatic rings. The number of rotatable bonds is 10. The van der Waals surface area contributed by atoms with Gasteiger partial charge in [-0.1, -0.05) is 45.4 Å². The second-order valence-corrected chi connectivity index (χ2v) is 11.5. The van der Waals surface area contributed by atoms with Gasteiger partial charge in [0.05, 0.1) is 17.4 Å². The van der Waals surface area contributed by atoms with E-state index in [1.54, 1.807) is 29.2 Å². The Morgan fingerprint density at radius 3 is 2.56 bits per heavy atom. The number of hydrogen-bond acceptors (Lipinski definition) is 6. The van der Waals surface area contributed by atoms with Gasteiger partial charge in [-0.2, -0.15) is 0 Å². The number of carbonyl (C=O) groups is 2. The third-order valence-electron chi connectivity index (χ3n) is 8.16. The number of amides is 2. The van der Waals surface area contributed by atoms with Crippen molar-refractivity contribution in [2.24, 2.45) is 11.3 Å². The van der Waals surface area contributed by atoms with Gasteiger partial charge in [0.15, 0.2) is 5.82 Å². The fourth-order valence-corrected chi connectivity index (χ4v) is 5.87. The number of likely N-dealkylation sites (tertiary alicyclic amines) is 1. The maximum absolute atomic E-state index is 13.4. The van der Waals surface area contributed by atoms with Crippen LogP contribution in [0.5, 0.6) is 0 Å². The Balaban J connectivity index is 1.29. The minimum absolute atomic E-state index is 0.0251. The number of fused-ring (bicyclic) bond motifs is 2. The van der Waals surface area contributed by atoms with Crippen molar-refractivity contribution < 1.29 is 9.59 Å². The molecule has 3 heterocycles. The van der Waals surface area contributed by atoms with E-state index >= 15 is 0 Å². The summed E-state index contributed by atoms with van der Waals surface area (Å²) in [6.45, 7) is 12.4. The largest absolute Gasteiger partial charge is 0.343 e. The van der Waals surface area contributed by atoms with Crippen molar-refractivity contribution in [2.45, 2.75) is 66.2 Å². The van der Waals surface area contributed by atoms with E-state index in [1.807, 2.05) is 17.0 Å². The van der Waals surface area contributed by atoms with Crippen LogP contribution in [0.3, 0.4) is 0 Å². The molecular formula is C31H43N5O3. The summed E-state index contributed by atoms with van der Waals surface area (Å²) in [5.74, 6) is 1.32.